The van der Waals surface area contributed by atoms with Crippen LogP contribution in [0.25, 0.3) is 0 Å². The van der Waals surface area contributed by atoms with Crippen molar-refractivity contribution in [3.63, 3.8) is 0 Å². The Kier molecular flexibility index (Phi) is 8.60. The minimum Gasteiger partial charge on any atom is -0.477 e. The zero-order valence-corrected chi connectivity index (χ0v) is 21.5. The van der Waals surface area contributed by atoms with Gasteiger partial charge in [0.25, 0.3) is 0 Å². The Bertz CT molecular complexity index is 894. The summed E-state index contributed by atoms with van der Waals surface area (Å²) in [5, 5.41) is 9.98. The van der Waals surface area contributed by atoms with E-state index in [0.29, 0.717) is 36.2 Å². The van der Waals surface area contributed by atoms with Crippen molar-refractivity contribution >= 4 is 28.9 Å². The molecule has 1 saturated carbocycles. The molecule has 7 heteroatoms. The number of carbonyl (C=O) groups is 2. The van der Waals surface area contributed by atoms with Gasteiger partial charge in [-0.2, -0.15) is 0 Å². The van der Waals surface area contributed by atoms with Gasteiger partial charge in [-0.1, -0.05) is 18.8 Å². The monoisotopic (exact) mass is 474 g/mol. The normalized spacial score (nSPS) is 22.8. The lowest BCUT2D eigenvalue weighted by Gasteiger charge is -2.37. The predicted molar refractivity (Wildman–Crippen MR) is 133 cm³/mol. The lowest BCUT2D eigenvalue weighted by atomic mass is 9.82. The number of morpholine rings is 1. The minimum atomic E-state index is -1.01. The lowest BCUT2D eigenvalue weighted by Crippen LogP contribution is -2.50. The Balaban J connectivity index is 1.96. The van der Waals surface area contributed by atoms with Crippen LogP contribution in [0, 0.1) is 29.1 Å². The zero-order valence-electron chi connectivity index (χ0n) is 20.6. The van der Waals surface area contributed by atoms with Crippen LogP contribution >= 0.6 is 11.3 Å². The van der Waals surface area contributed by atoms with Gasteiger partial charge in [0, 0.05) is 37.0 Å². The SMILES string of the molecule is CC(CN1CCOCC1)N(c1cc(C#CC(C)(C)C)sc1C(=O)O)C(=O)[C@H]1CC[C@H](C)CC1. The maximum Gasteiger partial charge on any atom is 0.348 e. The quantitative estimate of drug-likeness (QED) is 0.604. The smallest absolute Gasteiger partial charge is 0.348 e. The molecule has 1 unspecified atom stereocenters. The molecule has 1 aromatic rings. The number of amides is 1. The molecule has 2 fully saturated rings. The van der Waals surface area contributed by atoms with Crippen molar-refractivity contribution in [3.8, 4) is 11.8 Å². The summed E-state index contributed by atoms with van der Waals surface area (Å²) in [6.45, 7) is 14.1. The maximum absolute atomic E-state index is 13.8. The number of carbonyl (C=O) groups excluding carboxylic acids is 1. The van der Waals surface area contributed by atoms with E-state index < -0.39 is 5.97 Å². The summed E-state index contributed by atoms with van der Waals surface area (Å²) in [5.41, 5.74) is 0.306. The van der Waals surface area contributed by atoms with E-state index in [-0.39, 0.29) is 28.2 Å². The molecule has 2 aliphatic rings. The molecule has 3 rings (SSSR count). The number of hydrogen-bond acceptors (Lipinski definition) is 5. The van der Waals surface area contributed by atoms with Gasteiger partial charge in [-0.05, 0) is 65.4 Å². The molecule has 0 aromatic carbocycles. The number of hydrogen-bond donors (Lipinski definition) is 1. The van der Waals surface area contributed by atoms with Crippen LogP contribution in [0.4, 0.5) is 5.69 Å². The van der Waals surface area contributed by atoms with E-state index in [9.17, 15) is 14.7 Å². The Labute approximate surface area is 202 Å². The molecule has 33 heavy (non-hydrogen) atoms. The van der Waals surface area contributed by atoms with Gasteiger partial charge in [-0.25, -0.2) is 4.79 Å². The van der Waals surface area contributed by atoms with Crippen molar-refractivity contribution in [1.82, 2.24) is 4.90 Å². The summed E-state index contributed by atoms with van der Waals surface area (Å²) < 4.78 is 5.47. The number of thiophene rings is 1. The first-order chi connectivity index (χ1) is 15.5. The highest BCUT2D eigenvalue weighted by atomic mass is 32.1. The van der Waals surface area contributed by atoms with Gasteiger partial charge in [0.2, 0.25) is 5.91 Å². The molecule has 1 saturated heterocycles. The van der Waals surface area contributed by atoms with Crippen molar-refractivity contribution in [2.24, 2.45) is 17.3 Å². The highest BCUT2D eigenvalue weighted by Crippen LogP contribution is 2.36. The van der Waals surface area contributed by atoms with E-state index in [0.717, 1.165) is 50.1 Å². The average molecular weight is 475 g/mol. The molecule has 0 radical (unpaired) electrons. The molecule has 1 N–H and O–H groups in total. The molecule has 1 amide bonds. The molecule has 182 valence electrons. The van der Waals surface area contributed by atoms with Crippen molar-refractivity contribution in [2.75, 3.05) is 37.7 Å². The highest BCUT2D eigenvalue weighted by molar-refractivity contribution is 7.15. The fourth-order valence-electron chi connectivity index (χ4n) is 4.54. The number of ether oxygens (including phenoxy) is 1. The molecule has 1 aromatic heterocycles. The Hall–Kier alpha value is -1.88. The minimum absolute atomic E-state index is 0.0540. The summed E-state index contributed by atoms with van der Waals surface area (Å²) >= 11 is 1.16. The van der Waals surface area contributed by atoms with Crippen molar-refractivity contribution in [2.45, 2.75) is 66.3 Å². The van der Waals surface area contributed by atoms with E-state index in [1.807, 2.05) is 33.8 Å². The van der Waals surface area contributed by atoms with Crippen LogP contribution in [-0.4, -0.2) is 60.8 Å². The van der Waals surface area contributed by atoms with Crippen molar-refractivity contribution in [3.05, 3.63) is 15.8 Å². The third-order valence-corrected chi connectivity index (χ3v) is 7.42. The fourth-order valence-corrected chi connectivity index (χ4v) is 5.38. The summed E-state index contributed by atoms with van der Waals surface area (Å²) in [7, 11) is 0. The summed E-state index contributed by atoms with van der Waals surface area (Å²) in [4.78, 5) is 31.0. The Morgan fingerprint density at radius 1 is 1.24 bits per heavy atom. The second kappa shape index (κ2) is 11.0. The van der Waals surface area contributed by atoms with E-state index in [2.05, 4.69) is 23.7 Å². The number of carboxylic acids is 1. The molecule has 6 nitrogen and oxygen atoms in total. The standard InChI is InChI=1S/C26H38N2O4S/c1-18-6-8-20(9-7-18)24(29)28(19(2)17-27-12-14-32-15-13-27)22-16-21(10-11-26(3,4)5)33-23(22)25(30)31/h16,18-20H,6-9,12-15,17H2,1-5H3,(H,30,31)/t18-,19?,20-. The molecule has 1 aliphatic heterocycles. The largest absolute Gasteiger partial charge is 0.477 e. The third kappa shape index (κ3) is 7.05. The van der Waals surface area contributed by atoms with E-state index >= 15 is 0 Å². The second-order valence-electron chi connectivity index (χ2n) is 10.6. The number of rotatable bonds is 6. The van der Waals surface area contributed by atoms with Crippen LogP contribution in [-0.2, 0) is 9.53 Å². The molecule has 1 aliphatic carbocycles. The molecular weight excluding hydrogens is 436 g/mol. The van der Waals surface area contributed by atoms with Gasteiger partial charge in [0.15, 0.2) is 0 Å². The number of carboxylic acid groups (broad SMARTS) is 1. The topological polar surface area (TPSA) is 70.1 Å². The number of aromatic carboxylic acids is 1. The molecule has 2 heterocycles. The Morgan fingerprint density at radius 2 is 1.88 bits per heavy atom. The van der Waals surface area contributed by atoms with Gasteiger partial charge in [0.05, 0.1) is 23.8 Å². The van der Waals surface area contributed by atoms with E-state index in [4.69, 9.17) is 4.74 Å². The summed E-state index contributed by atoms with van der Waals surface area (Å²) in [6, 6.07) is 1.66. The van der Waals surface area contributed by atoms with Crippen LogP contribution in [0.5, 0.6) is 0 Å². The molecular formula is C26H38N2O4S. The van der Waals surface area contributed by atoms with E-state index in [1.165, 1.54) is 0 Å². The van der Waals surface area contributed by atoms with Crippen LogP contribution in [0.1, 0.15) is 74.9 Å². The van der Waals surface area contributed by atoms with Gasteiger partial charge < -0.3 is 14.7 Å². The lowest BCUT2D eigenvalue weighted by molar-refractivity contribution is -0.124. The van der Waals surface area contributed by atoms with Crippen LogP contribution in [0.3, 0.4) is 0 Å². The van der Waals surface area contributed by atoms with E-state index in [1.54, 1.807) is 4.90 Å². The third-order valence-electron chi connectivity index (χ3n) is 6.40. The second-order valence-corrected chi connectivity index (χ2v) is 11.6. The first-order valence-corrected chi connectivity index (χ1v) is 12.9. The first kappa shape index (κ1) is 25.7. The number of anilines is 1. The fraction of sp³-hybridized carbons (Fsp3) is 0.692. The van der Waals surface area contributed by atoms with Crippen LogP contribution < -0.4 is 4.90 Å². The first-order valence-electron chi connectivity index (χ1n) is 12.1. The van der Waals surface area contributed by atoms with Gasteiger partial charge in [-0.3, -0.25) is 9.69 Å². The zero-order chi connectivity index (χ0) is 24.2. The van der Waals surface area contributed by atoms with Gasteiger partial charge in [-0.15, -0.1) is 11.3 Å². The van der Waals surface area contributed by atoms with Crippen molar-refractivity contribution in [1.29, 1.82) is 0 Å². The molecule has 0 bridgehead atoms. The van der Waals surface area contributed by atoms with Gasteiger partial charge >= 0.3 is 5.97 Å². The average Bonchev–Trinajstić information content (AvgIpc) is 3.17. The molecule has 0 spiro atoms. The van der Waals surface area contributed by atoms with Crippen LogP contribution in [0.2, 0.25) is 0 Å². The highest BCUT2D eigenvalue weighted by Gasteiger charge is 2.35. The van der Waals surface area contributed by atoms with Gasteiger partial charge in [0.1, 0.15) is 4.88 Å². The van der Waals surface area contributed by atoms with Crippen LogP contribution in [0.15, 0.2) is 6.07 Å². The Morgan fingerprint density at radius 3 is 2.45 bits per heavy atom. The predicted octanol–water partition coefficient (Wildman–Crippen LogP) is 4.72. The summed E-state index contributed by atoms with van der Waals surface area (Å²) in [5.74, 6) is 5.96. The summed E-state index contributed by atoms with van der Waals surface area (Å²) in [6.07, 6.45) is 3.81. The molecule has 1 atom stereocenters. The number of nitrogens with zero attached hydrogens (tertiary/aromatic N) is 2. The maximum atomic E-state index is 13.8. The van der Waals surface area contributed by atoms with Crippen molar-refractivity contribution < 1.29 is 19.4 Å².